The maximum Gasteiger partial charge on any atom is 0.00993 e. The van der Waals surface area contributed by atoms with E-state index >= 15 is 0 Å². The van der Waals surface area contributed by atoms with Gasteiger partial charge in [-0.2, -0.15) is 0 Å². The van der Waals surface area contributed by atoms with Crippen molar-refractivity contribution in [2.75, 3.05) is 20.6 Å². The summed E-state index contributed by atoms with van der Waals surface area (Å²) in [6.07, 6.45) is 1.19. The van der Waals surface area contributed by atoms with Gasteiger partial charge in [-0.3, -0.25) is 10.4 Å². The quantitative estimate of drug-likeness (QED) is 0.576. The van der Waals surface area contributed by atoms with Gasteiger partial charge in [-0.15, -0.1) is 24.0 Å². The standard InChI is InChI=1S/C5H14N2.HI/c1-4-5-6-7(2)3;/h6H,4-5H2,1-3H3;1H. The monoisotopic (exact) mass is 230 g/mol. The molecule has 0 aliphatic carbocycles. The minimum atomic E-state index is 0. The van der Waals surface area contributed by atoms with Gasteiger partial charge in [0.05, 0.1) is 0 Å². The first-order chi connectivity index (χ1) is 3.27. The third-order valence-corrected chi connectivity index (χ3v) is 0.678. The highest BCUT2D eigenvalue weighted by Crippen LogP contribution is 1.68. The molecule has 2 nitrogen and oxygen atoms in total. The average molecular weight is 230 g/mol. The highest BCUT2D eigenvalue weighted by molar-refractivity contribution is 14.0. The summed E-state index contributed by atoms with van der Waals surface area (Å²) in [7, 11) is 3.99. The van der Waals surface area contributed by atoms with Crippen molar-refractivity contribution in [3.63, 3.8) is 0 Å². The van der Waals surface area contributed by atoms with Crippen LogP contribution in [0.15, 0.2) is 0 Å². The van der Waals surface area contributed by atoms with Gasteiger partial charge in [0.1, 0.15) is 0 Å². The summed E-state index contributed by atoms with van der Waals surface area (Å²) in [6.45, 7) is 3.23. The van der Waals surface area contributed by atoms with Crippen LogP contribution in [0.5, 0.6) is 0 Å². The lowest BCUT2D eigenvalue weighted by atomic mass is 10.5. The van der Waals surface area contributed by atoms with E-state index in [9.17, 15) is 0 Å². The van der Waals surface area contributed by atoms with Crippen LogP contribution < -0.4 is 5.43 Å². The number of nitrogens with zero attached hydrogens (tertiary/aromatic N) is 1. The van der Waals surface area contributed by atoms with Crippen molar-refractivity contribution in [3.8, 4) is 0 Å². The van der Waals surface area contributed by atoms with Crippen LogP contribution in [0.1, 0.15) is 13.3 Å². The van der Waals surface area contributed by atoms with Crippen LogP contribution >= 0.6 is 24.0 Å². The third kappa shape index (κ3) is 9.82. The van der Waals surface area contributed by atoms with Gasteiger partial charge in [0.2, 0.25) is 0 Å². The minimum absolute atomic E-state index is 0. The van der Waals surface area contributed by atoms with E-state index in [1.807, 2.05) is 19.1 Å². The van der Waals surface area contributed by atoms with Gasteiger partial charge in [-0.05, 0) is 6.42 Å². The summed E-state index contributed by atoms with van der Waals surface area (Å²) < 4.78 is 0. The zero-order valence-electron chi connectivity index (χ0n) is 5.77. The Bertz CT molecular complexity index is 39.4. The lowest BCUT2D eigenvalue weighted by Crippen LogP contribution is -2.30. The Kier molecular flexibility index (Phi) is 10.9. The summed E-state index contributed by atoms with van der Waals surface area (Å²) in [6, 6.07) is 0. The first-order valence-corrected chi connectivity index (χ1v) is 2.68. The van der Waals surface area contributed by atoms with Crippen LogP contribution in [0, 0.1) is 0 Å². The van der Waals surface area contributed by atoms with E-state index in [-0.39, 0.29) is 24.0 Å². The fourth-order valence-electron chi connectivity index (χ4n) is 0.335. The number of hydrogen-bond acceptors (Lipinski definition) is 2. The Morgan fingerprint density at radius 3 is 2.00 bits per heavy atom. The maximum atomic E-state index is 3.13. The summed E-state index contributed by atoms with van der Waals surface area (Å²) in [5.41, 5.74) is 3.13. The van der Waals surface area contributed by atoms with Gasteiger partial charge in [-0.25, -0.2) is 0 Å². The molecule has 0 fully saturated rings. The van der Waals surface area contributed by atoms with Crippen molar-refractivity contribution in [2.45, 2.75) is 13.3 Å². The second-order valence-electron chi connectivity index (χ2n) is 1.80. The van der Waals surface area contributed by atoms with Crippen LogP contribution in [-0.2, 0) is 0 Å². The second-order valence-corrected chi connectivity index (χ2v) is 1.80. The van der Waals surface area contributed by atoms with Crippen LogP contribution in [0.25, 0.3) is 0 Å². The summed E-state index contributed by atoms with van der Waals surface area (Å²) in [5.74, 6) is 0. The van der Waals surface area contributed by atoms with Crippen molar-refractivity contribution < 1.29 is 0 Å². The first-order valence-electron chi connectivity index (χ1n) is 2.68. The smallest absolute Gasteiger partial charge is 0.00993 e. The van der Waals surface area contributed by atoms with Crippen LogP contribution in [0.4, 0.5) is 0 Å². The Labute approximate surface area is 68.6 Å². The predicted molar refractivity (Wildman–Crippen MR) is 47.4 cm³/mol. The van der Waals surface area contributed by atoms with Gasteiger partial charge in [0.15, 0.2) is 0 Å². The summed E-state index contributed by atoms with van der Waals surface area (Å²) >= 11 is 0. The Balaban J connectivity index is 0. The number of hydrogen-bond donors (Lipinski definition) is 1. The summed E-state index contributed by atoms with van der Waals surface area (Å²) in [5, 5.41) is 1.96. The zero-order valence-corrected chi connectivity index (χ0v) is 8.10. The van der Waals surface area contributed by atoms with Crippen molar-refractivity contribution in [3.05, 3.63) is 0 Å². The lowest BCUT2D eigenvalue weighted by molar-refractivity contribution is 0.291. The molecule has 0 aromatic rings. The molecular weight excluding hydrogens is 215 g/mol. The molecule has 0 saturated carbocycles. The summed E-state index contributed by atoms with van der Waals surface area (Å²) in [4.78, 5) is 0. The topological polar surface area (TPSA) is 15.3 Å². The Hall–Kier alpha value is 0.650. The number of nitrogens with one attached hydrogen (secondary N) is 1. The van der Waals surface area contributed by atoms with E-state index in [4.69, 9.17) is 0 Å². The van der Waals surface area contributed by atoms with Gasteiger partial charge in [-0.1, -0.05) is 6.92 Å². The largest absolute Gasteiger partial charge is 0.256 e. The van der Waals surface area contributed by atoms with Crippen LogP contribution in [-0.4, -0.2) is 25.6 Å². The number of halogens is 1. The van der Waals surface area contributed by atoms with Crippen molar-refractivity contribution in [1.82, 2.24) is 10.4 Å². The highest BCUT2D eigenvalue weighted by Gasteiger charge is 1.80. The zero-order chi connectivity index (χ0) is 5.70. The van der Waals surface area contributed by atoms with E-state index in [1.165, 1.54) is 6.42 Å². The van der Waals surface area contributed by atoms with Crippen LogP contribution in [0.3, 0.4) is 0 Å². The molecule has 0 atom stereocenters. The second kappa shape index (κ2) is 7.65. The Morgan fingerprint density at radius 2 is 1.88 bits per heavy atom. The van der Waals surface area contributed by atoms with Gasteiger partial charge < -0.3 is 0 Å². The minimum Gasteiger partial charge on any atom is -0.256 e. The van der Waals surface area contributed by atoms with Gasteiger partial charge in [0, 0.05) is 20.6 Å². The average Bonchev–Trinajstić information content (AvgIpc) is 1.61. The van der Waals surface area contributed by atoms with Crippen molar-refractivity contribution >= 4 is 24.0 Å². The molecule has 0 aliphatic heterocycles. The molecule has 0 spiro atoms. The van der Waals surface area contributed by atoms with Crippen molar-refractivity contribution in [2.24, 2.45) is 0 Å². The van der Waals surface area contributed by atoms with E-state index in [2.05, 4.69) is 12.3 Å². The molecule has 0 amide bonds. The molecule has 0 rings (SSSR count). The molecule has 0 unspecified atom stereocenters. The molecule has 0 aromatic heterocycles. The maximum absolute atomic E-state index is 3.13. The molecule has 3 heteroatoms. The molecule has 0 aliphatic rings. The normalized spacial score (nSPS) is 9.00. The number of hydrazine groups is 1. The van der Waals surface area contributed by atoms with Gasteiger partial charge >= 0.3 is 0 Å². The first kappa shape index (κ1) is 11.4. The van der Waals surface area contributed by atoms with E-state index in [1.54, 1.807) is 0 Å². The van der Waals surface area contributed by atoms with E-state index < -0.39 is 0 Å². The highest BCUT2D eigenvalue weighted by atomic mass is 127. The van der Waals surface area contributed by atoms with E-state index in [0.717, 1.165) is 6.54 Å². The molecule has 8 heavy (non-hydrogen) atoms. The molecular formula is C5H15IN2. The molecule has 0 aromatic carbocycles. The predicted octanol–water partition coefficient (Wildman–Crippen LogP) is 1.08. The molecule has 0 bridgehead atoms. The molecule has 0 saturated heterocycles. The van der Waals surface area contributed by atoms with E-state index in [0.29, 0.717) is 0 Å². The molecule has 1 N–H and O–H groups in total. The van der Waals surface area contributed by atoms with Gasteiger partial charge in [0.25, 0.3) is 0 Å². The molecule has 0 heterocycles. The fraction of sp³-hybridized carbons (Fsp3) is 1.00. The lowest BCUT2D eigenvalue weighted by Gasteiger charge is -2.08. The Morgan fingerprint density at radius 1 is 1.38 bits per heavy atom. The third-order valence-electron chi connectivity index (χ3n) is 0.678. The van der Waals surface area contributed by atoms with Crippen molar-refractivity contribution in [1.29, 1.82) is 0 Å². The molecule has 0 radical (unpaired) electrons. The fourth-order valence-corrected chi connectivity index (χ4v) is 0.335. The molecule has 52 valence electrons. The van der Waals surface area contributed by atoms with Crippen LogP contribution in [0.2, 0.25) is 0 Å². The SMILES string of the molecule is CCCNN(C)C.I. The number of rotatable bonds is 3.